The lowest BCUT2D eigenvalue weighted by molar-refractivity contribution is -0.142. The summed E-state index contributed by atoms with van der Waals surface area (Å²) in [6.45, 7) is 1.51. The van der Waals surface area contributed by atoms with E-state index in [9.17, 15) is 22.4 Å². The highest BCUT2D eigenvalue weighted by atomic mass is 35.5. The van der Waals surface area contributed by atoms with Crippen LogP contribution in [0.4, 0.5) is 10.1 Å². The quantitative estimate of drug-likeness (QED) is 0.196. The lowest BCUT2D eigenvalue weighted by Gasteiger charge is -2.29. The summed E-state index contributed by atoms with van der Waals surface area (Å²) in [5.74, 6) is -1.09. The number of rotatable bonds is 12. The number of sulfonamides is 1. The number of hydrogen-bond donors (Lipinski definition) is 2. The summed E-state index contributed by atoms with van der Waals surface area (Å²) >= 11 is 12.2. The van der Waals surface area contributed by atoms with Gasteiger partial charge in [-0.05, 0) is 84.8 Å². The Bertz CT molecular complexity index is 1670. The van der Waals surface area contributed by atoms with Crippen molar-refractivity contribution in [3.05, 3.63) is 124 Å². The predicted molar refractivity (Wildman–Crippen MR) is 164 cm³/mol. The number of carbonyl (C=O) groups excluding carboxylic acids is 2. The van der Waals surface area contributed by atoms with Crippen LogP contribution in [0, 0.1) is 5.82 Å². The van der Waals surface area contributed by atoms with E-state index in [1.807, 2.05) is 6.07 Å². The van der Waals surface area contributed by atoms with Crippen molar-refractivity contribution in [3.8, 4) is 5.75 Å². The molecule has 12 heteroatoms. The average molecular weight is 645 g/mol. The molecule has 0 aliphatic carbocycles. The first kappa shape index (κ1) is 31.8. The second-order valence-electron chi connectivity index (χ2n) is 9.51. The van der Waals surface area contributed by atoms with Crippen molar-refractivity contribution in [2.75, 3.05) is 11.3 Å². The molecular weight excluding hydrogens is 616 g/mol. The van der Waals surface area contributed by atoms with Gasteiger partial charge in [-0.15, -0.1) is 0 Å². The summed E-state index contributed by atoms with van der Waals surface area (Å²) in [4.78, 5) is 27.8. The molecule has 1 atom stereocenters. The summed E-state index contributed by atoms with van der Waals surface area (Å²) in [5, 5.41) is 3.88. The van der Waals surface area contributed by atoms with E-state index in [0.29, 0.717) is 10.0 Å². The fourth-order valence-electron chi connectivity index (χ4n) is 4.02. The SMILES string of the molecule is CC(C(=O)NCc1ccccc1Cl)N(Cc1ccc(Cl)cc1)C(=O)COc1ccc(S(=O)(=O)Nc2ccc(F)cc2)cc1. The molecule has 0 saturated heterocycles. The van der Waals surface area contributed by atoms with Crippen LogP contribution in [0.3, 0.4) is 0 Å². The van der Waals surface area contributed by atoms with E-state index in [1.165, 1.54) is 41.3 Å². The monoisotopic (exact) mass is 643 g/mol. The van der Waals surface area contributed by atoms with Gasteiger partial charge in [0.15, 0.2) is 6.61 Å². The molecule has 4 rings (SSSR count). The summed E-state index contributed by atoms with van der Waals surface area (Å²) in [7, 11) is -3.94. The van der Waals surface area contributed by atoms with Crippen LogP contribution in [0.15, 0.2) is 102 Å². The maximum Gasteiger partial charge on any atom is 0.261 e. The van der Waals surface area contributed by atoms with Gasteiger partial charge in [0.05, 0.1) is 4.90 Å². The Morgan fingerprint density at radius 3 is 2.21 bits per heavy atom. The van der Waals surface area contributed by atoms with E-state index < -0.39 is 34.4 Å². The highest BCUT2D eigenvalue weighted by Crippen LogP contribution is 2.21. The van der Waals surface area contributed by atoms with Crippen LogP contribution in [0.25, 0.3) is 0 Å². The normalized spacial score (nSPS) is 11.8. The molecule has 8 nitrogen and oxygen atoms in total. The summed E-state index contributed by atoms with van der Waals surface area (Å²) < 4.78 is 46.5. The Morgan fingerprint density at radius 1 is 0.907 bits per heavy atom. The molecule has 1 unspecified atom stereocenters. The molecule has 224 valence electrons. The van der Waals surface area contributed by atoms with Crippen LogP contribution >= 0.6 is 23.2 Å². The zero-order chi connectivity index (χ0) is 31.0. The van der Waals surface area contributed by atoms with E-state index in [4.69, 9.17) is 27.9 Å². The van der Waals surface area contributed by atoms with Gasteiger partial charge < -0.3 is 15.0 Å². The molecule has 0 saturated carbocycles. The molecule has 4 aromatic carbocycles. The van der Waals surface area contributed by atoms with Gasteiger partial charge in [0.2, 0.25) is 5.91 Å². The number of benzene rings is 4. The maximum absolute atomic E-state index is 13.4. The topological polar surface area (TPSA) is 105 Å². The molecule has 0 bridgehead atoms. The van der Waals surface area contributed by atoms with Crippen LogP contribution in [-0.2, 0) is 32.7 Å². The van der Waals surface area contributed by atoms with Gasteiger partial charge in [0.25, 0.3) is 15.9 Å². The molecule has 0 radical (unpaired) electrons. The van der Waals surface area contributed by atoms with Gasteiger partial charge in [0.1, 0.15) is 17.6 Å². The minimum atomic E-state index is -3.94. The molecule has 2 N–H and O–H groups in total. The van der Waals surface area contributed by atoms with E-state index in [-0.39, 0.29) is 35.3 Å². The third-order valence-corrected chi connectivity index (χ3v) is 8.46. The van der Waals surface area contributed by atoms with Crippen molar-refractivity contribution in [2.24, 2.45) is 0 Å². The van der Waals surface area contributed by atoms with Crippen molar-refractivity contribution < 1.29 is 27.1 Å². The van der Waals surface area contributed by atoms with Crippen LogP contribution in [0.2, 0.25) is 10.0 Å². The second-order valence-corrected chi connectivity index (χ2v) is 12.0. The zero-order valence-corrected chi connectivity index (χ0v) is 25.3. The van der Waals surface area contributed by atoms with Gasteiger partial charge in [-0.25, -0.2) is 12.8 Å². The molecule has 0 aliphatic rings. The first-order chi connectivity index (χ1) is 20.5. The molecule has 0 aromatic heterocycles. The number of anilines is 1. The fourth-order valence-corrected chi connectivity index (χ4v) is 5.40. The van der Waals surface area contributed by atoms with Crippen LogP contribution in [0.1, 0.15) is 18.1 Å². The third kappa shape index (κ3) is 8.93. The van der Waals surface area contributed by atoms with Crippen LogP contribution < -0.4 is 14.8 Å². The Morgan fingerprint density at radius 2 is 1.56 bits per heavy atom. The Hall–Kier alpha value is -4.12. The minimum Gasteiger partial charge on any atom is -0.484 e. The molecule has 43 heavy (non-hydrogen) atoms. The number of nitrogens with one attached hydrogen (secondary N) is 2. The summed E-state index contributed by atoms with van der Waals surface area (Å²) in [5.41, 5.74) is 1.70. The maximum atomic E-state index is 13.4. The Kier molecular flexibility index (Phi) is 10.6. The average Bonchev–Trinajstić information content (AvgIpc) is 3.00. The third-order valence-electron chi connectivity index (χ3n) is 6.44. The van der Waals surface area contributed by atoms with Crippen molar-refractivity contribution in [1.29, 1.82) is 0 Å². The smallest absolute Gasteiger partial charge is 0.261 e. The molecule has 0 heterocycles. The Labute approximate surface area is 259 Å². The highest BCUT2D eigenvalue weighted by molar-refractivity contribution is 7.92. The van der Waals surface area contributed by atoms with Gasteiger partial charge in [0, 0.05) is 28.8 Å². The van der Waals surface area contributed by atoms with Gasteiger partial charge >= 0.3 is 0 Å². The van der Waals surface area contributed by atoms with Gasteiger partial charge in [-0.1, -0.05) is 53.5 Å². The summed E-state index contributed by atoms with van der Waals surface area (Å²) in [6.07, 6.45) is 0. The predicted octanol–water partition coefficient (Wildman–Crippen LogP) is 6.05. The largest absolute Gasteiger partial charge is 0.484 e. The molecule has 0 spiro atoms. The number of amides is 2. The second kappa shape index (κ2) is 14.4. The lowest BCUT2D eigenvalue weighted by atomic mass is 10.1. The Balaban J connectivity index is 1.42. The highest BCUT2D eigenvalue weighted by Gasteiger charge is 2.27. The minimum absolute atomic E-state index is 0.0521. The van der Waals surface area contributed by atoms with E-state index in [0.717, 1.165) is 23.3 Å². The number of carbonyl (C=O) groups is 2. The lowest BCUT2D eigenvalue weighted by Crippen LogP contribution is -2.48. The number of nitrogens with zero attached hydrogens (tertiary/aromatic N) is 1. The van der Waals surface area contributed by atoms with Gasteiger partial charge in [-0.3, -0.25) is 14.3 Å². The molecule has 0 aliphatic heterocycles. The molecule has 4 aromatic rings. The van der Waals surface area contributed by atoms with Crippen molar-refractivity contribution in [2.45, 2.75) is 31.0 Å². The number of hydrogen-bond acceptors (Lipinski definition) is 5. The van der Waals surface area contributed by atoms with Crippen molar-refractivity contribution in [1.82, 2.24) is 10.2 Å². The molecule has 0 fully saturated rings. The first-order valence-corrected chi connectivity index (χ1v) is 15.3. The van der Waals surface area contributed by atoms with Gasteiger partial charge in [-0.2, -0.15) is 0 Å². The molecule has 2 amide bonds. The standard InChI is InChI=1S/C31H28Cl2FN3O5S/c1-21(31(39)35-18-23-4-2-3-5-29(23)33)37(19-22-6-8-24(32)9-7-22)30(38)20-42-27-14-16-28(17-15-27)43(40,41)36-26-12-10-25(34)11-13-26/h2-17,21,36H,18-20H2,1H3,(H,35,39). The number of halogens is 3. The first-order valence-electron chi connectivity index (χ1n) is 13.1. The van der Waals surface area contributed by atoms with Crippen LogP contribution in [-0.4, -0.2) is 37.8 Å². The van der Waals surface area contributed by atoms with Crippen molar-refractivity contribution in [3.63, 3.8) is 0 Å². The van der Waals surface area contributed by atoms with E-state index in [1.54, 1.807) is 49.4 Å². The zero-order valence-electron chi connectivity index (χ0n) is 23.0. The van der Waals surface area contributed by atoms with E-state index >= 15 is 0 Å². The molecular formula is C31H28Cl2FN3O5S. The summed E-state index contributed by atoms with van der Waals surface area (Å²) in [6, 6.07) is 23.6. The van der Waals surface area contributed by atoms with Crippen molar-refractivity contribution >= 4 is 50.7 Å². The van der Waals surface area contributed by atoms with Crippen LogP contribution in [0.5, 0.6) is 5.75 Å². The fraction of sp³-hybridized carbons (Fsp3) is 0.161. The number of ether oxygens (including phenoxy) is 1. The van der Waals surface area contributed by atoms with E-state index in [2.05, 4.69) is 10.0 Å².